The van der Waals surface area contributed by atoms with Crippen LogP contribution in [0.2, 0.25) is 10.0 Å². The molecule has 39 heavy (non-hydrogen) atoms. The fraction of sp³-hybridized carbons (Fsp3) is 0.200. The highest BCUT2D eigenvalue weighted by Gasteiger charge is 2.32. The Labute approximate surface area is 234 Å². The number of sulfonamides is 1. The van der Waals surface area contributed by atoms with E-state index in [1.54, 1.807) is 6.07 Å². The van der Waals surface area contributed by atoms with Crippen LogP contribution in [0.5, 0.6) is 0 Å². The van der Waals surface area contributed by atoms with Crippen LogP contribution in [-0.2, 0) is 14.8 Å². The molecule has 2 heterocycles. The first kappa shape index (κ1) is 28.3. The average molecular weight is 591 g/mol. The molecular formula is C25H24Cl2N6O5S. The molecule has 3 aromatic rings. The van der Waals surface area contributed by atoms with Crippen LogP contribution < -0.4 is 16.0 Å². The van der Waals surface area contributed by atoms with Gasteiger partial charge in [-0.15, -0.1) is 0 Å². The predicted molar refractivity (Wildman–Crippen MR) is 148 cm³/mol. The third-order valence-corrected chi connectivity index (χ3v) is 8.48. The number of benzene rings is 2. The summed E-state index contributed by atoms with van der Waals surface area (Å²) in [6.07, 6.45) is 3.46. The van der Waals surface area contributed by atoms with E-state index >= 15 is 0 Å². The normalized spacial score (nSPS) is 15.8. The van der Waals surface area contributed by atoms with Crippen molar-refractivity contribution in [3.05, 3.63) is 82.6 Å². The highest BCUT2D eigenvalue weighted by molar-refractivity contribution is 7.89. The molecule has 1 saturated heterocycles. The van der Waals surface area contributed by atoms with Gasteiger partial charge in [0.05, 0.1) is 32.4 Å². The zero-order valence-electron chi connectivity index (χ0n) is 20.4. The van der Waals surface area contributed by atoms with Gasteiger partial charge in [-0.05, 0) is 55.3 Å². The van der Waals surface area contributed by atoms with Gasteiger partial charge in [0, 0.05) is 24.8 Å². The Morgan fingerprint density at radius 3 is 2.41 bits per heavy atom. The van der Waals surface area contributed by atoms with Crippen molar-refractivity contribution in [2.24, 2.45) is 0 Å². The number of aromatic amines is 1. The van der Waals surface area contributed by atoms with Crippen molar-refractivity contribution < 1.29 is 22.8 Å². The largest absolute Gasteiger partial charge is 0.347 e. The second-order valence-electron chi connectivity index (χ2n) is 8.60. The number of halogens is 2. The third kappa shape index (κ3) is 6.48. The van der Waals surface area contributed by atoms with Crippen molar-refractivity contribution in [2.75, 3.05) is 23.7 Å². The van der Waals surface area contributed by atoms with Gasteiger partial charge in [0.25, 0.3) is 11.8 Å². The number of H-pyrrole nitrogens is 1. The molecule has 1 aliphatic rings. The van der Waals surface area contributed by atoms with Crippen LogP contribution in [0.3, 0.4) is 0 Å². The van der Waals surface area contributed by atoms with Crippen LogP contribution in [0, 0.1) is 0 Å². The van der Waals surface area contributed by atoms with Gasteiger partial charge < -0.3 is 16.0 Å². The summed E-state index contributed by atoms with van der Waals surface area (Å²) in [6, 6.07) is 9.93. The Balaban J connectivity index is 1.42. The maximum atomic E-state index is 13.2. The lowest BCUT2D eigenvalue weighted by atomic mass is 10.1. The lowest BCUT2D eigenvalue weighted by Gasteiger charge is -2.32. The summed E-state index contributed by atoms with van der Waals surface area (Å²) in [6.45, 7) is 3.71. The van der Waals surface area contributed by atoms with Crippen LogP contribution in [-0.4, -0.2) is 59.8 Å². The van der Waals surface area contributed by atoms with Crippen LogP contribution in [0.1, 0.15) is 33.7 Å². The van der Waals surface area contributed by atoms with E-state index < -0.39 is 33.8 Å². The topological polar surface area (TPSA) is 153 Å². The van der Waals surface area contributed by atoms with E-state index in [-0.39, 0.29) is 45.0 Å². The lowest BCUT2D eigenvalue weighted by Crippen LogP contribution is -2.49. The van der Waals surface area contributed by atoms with Crippen molar-refractivity contribution in [1.82, 2.24) is 19.8 Å². The molecule has 1 fully saturated rings. The van der Waals surface area contributed by atoms with Gasteiger partial charge in [0.15, 0.2) is 0 Å². The Morgan fingerprint density at radius 1 is 1.05 bits per heavy atom. The van der Waals surface area contributed by atoms with Crippen molar-refractivity contribution in [1.29, 1.82) is 0 Å². The molecule has 14 heteroatoms. The monoisotopic (exact) mass is 590 g/mol. The molecule has 0 radical (unpaired) electrons. The minimum Gasteiger partial charge on any atom is -0.347 e. The molecule has 11 nitrogen and oxygen atoms in total. The smallest absolute Gasteiger partial charge is 0.271 e. The second-order valence-corrected chi connectivity index (χ2v) is 11.4. The molecule has 204 valence electrons. The zero-order chi connectivity index (χ0) is 28.2. The minimum atomic E-state index is -3.85. The van der Waals surface area contributed by atoms with Gasteiger partial charge >= 0.3 is 0 Å². The summed E-state index contributed by atoms with van der Waals surface area (Å²) in [5.74, 6) is -1.60. The van der Waals surface area contributed by atoms with E-state index in [0.717, 1.165) is 6.08 Å². The van der Waals surface area contributed by atoms with E-state index in [9.17, 15) is 22.8 Å². The first-order valence-corrected chi connectivity index (χ1v) is 13.9. The minimum absolute atomic E-state index is 0.0105. The first-order valence-electron chi connectivity index (χ1n) is 11.7. The highest BCUT2D eigenvalue weighted by atomic mass is 35.5. The van der Waals surface area contributed by atoms with Crippen molar-refractivity contribution in [3.8, 4) is 0 Å². The van der Waals surface area contributed by atoms with Gasteiger partial charge in [0.1, 0.15) is 5.69 Å². The standard InChI is InChI=1S/C25H24Cl2N6O5S/c1-2-21(34)29-15-8-10-17(11-9-15)39(37,38)33-12-4-5-16(14-33)30-25(36)23-20(13-28-32-23)31-24(35)22-18(26)6-3-7-19(22)27/h2-3,6-11,13,16H,1,4-5,12,14H2,(H,28,32)(H,29,34)(H,30,36)(H,31,35)/t16-/m1/s1. The summed E-state index contributed by atoms with van der Waals surface area (Å²) >= 11 is 12.2. The number of nitrogens with zero attached hydrogens (tertiary/aromatic N) is 2. The molecular weight excluding hydrogens is 567 g/mol. The number of aromatic nitrogens is 2. The Bertz CT molecular complexity index is 1500. The number of hydrogen-bond donors (Lipinski definition) is 4. The summed E-state index contributed by atoms with van der Waals surface area (Å²) < 4.78 is 27.8. The number of anilines is 2. The Kier molecular flexibility index (Phi) is 8.70. The van der Waals surface area contributed by atoms with Gasteiger partial charge in [0.2, 0.25) is 15.9 Å². The fourth-order valence-electron chi connectivity index (χ4n) is 4.04. The maximum Gasteiger partial charge on any atom is 0.271 e. The molecule has 4 rings (SSSR count). The van der Waals surface area contributed by atoms with Gasteiger partial charge in [-0.3, -0.25) is 19.5 Å². The molecule has 0 bridgehead atoms. The quantitative estimate of drug-likeness (QED) is 0.293. The number of carbonyl (C=O) groups excluding carboxylic acids is 3. The Morgan fingerprint density at radius 2 is 1.74 bits per heavy atom. The van der Waals surface area contributed by atoms with E-state index in [2.05, 4.69) is 32.7 Å². The third-order valence-electron chi connectivity index (χ3n) is 5.97. The molecule has 4 N–H and O–H groups in total. The Hall–Kier alpha value is -3.71. The van der Waals surface area contributed by atoms with Crippen LogP contribution in [0.25, 0.3) is 0 Å². The van der Waals surface area contributed by atoms with Crippen molar-refractivity contribution in [2.45, 2.75) is 23.8 Å². The molecule has 0 unspecified atom stereocenters. The van der Waals surface area contributed by atoms with E-state index in [4.69, 9.17) is 23.2 Å². The van der Waals surface area contributed by atoms with Crippen molar-refractivity contribution in [3.63, 3.8) is 0 Å². The zero-order valence-corrected chi connectivity index (χ0v) is 22.7. The van der Waals surface area contributed by atoms with Crippen molar-refractivity contribution >= 4 is 62.3 Å². The lowest BCUT2D eigenvalue weighted by molar-refractivity contribution is -0.111. The molecule has 1 aliphatic heterocycles. The van der Waals surface area contributed by atoms with Crippen LogP contribution in [0.15, 0.2) is 66.2 Å². The summed E-state index contributed by atoms with van der Waals surface area (Å²) in [4.78, 5) is 37.3. The molecule has 2 aromatic carbocycles. The average Bonchev–Trinajstić information content (AvgIpc) is 3.37. The second kappa shape index (κ2) is 12.0. The fourth-order valence-corrected chi connectivity index (χ4v) is 6.14. The van der Waals surface area contributed by atoms with E-state index in [0.29, 0.717) is 18.5 Å². The number of hydrogen-bond acceptors (Lipinski definition) is 6. The van der Waals surface area contributed by atoms with Gasteiger partial charge in [-0.2, -0.15) is 9.40 Å². The van der Waals surface area contributed by atoms with Crippen LogP contribution >= 0.6 is 23.2 Å². The number of piperidine rings is 1. The van der Waals surface area contributed by atoms with E-state index in [1.165, 1.54) is 46.9 Å². The van der Waals surface area contributed by atoms with Crippen LogP contribution in [0.4, 0.5) is 11.4 Å². The maximum absolute atomic E-state index is 13.2. The molecule has 0 spiro atoms. The van der Waals surface area contributed by atoms with Gasteiger partial charge in [-0.25, -0.2) is 8.42 Å². The number of carbonyl (C=O) groups is 3. The molecule has 1 aromatic heterocycles. The molecule has 3 amide bonds. The van der Waals surface area contributed by atoms with Gasteiger partial charge in [-0.1, -0.05) is 35.8 Å². The number of rotatable bonds is 8. The first-order chi connectivity index (χ1) is 18.6. The highest BCUT2D eigenvalue weighted by Crippen LogP contribution is 2.26. The molecule has 0 aliphatic carbocycles. The number of nitrogens with one attached hydrogen (secondary N) is 4. The SMILES string of the molecule is C=CC(=O)Nc1ccc(S(=O)(=O)N2CCC[C@@H](NC(=O)c3[nH]ncc3NC(=O)c3c(Cl)cccc3Cl)C2)cc1. The summed E-state index contributed by atoms with van der Waals surface area (Å²) in [5.41, 5.74) is 0.584. The summed E-state index contributed by atoms with van der Waals surface area (Å²) in [5, 5.41) is 14.7. The van der Waals surface area contributed by atoms with E-state index in [1.807, 2.05) is 0 Å². The predicted octanol–water partition coefficient (Wildman–Crippen LogP) is 3.68. The summed E-state index contributed by atoms with van der Waals surface area (Å²) in [7, 11) is -3.85. The number of amides is 3. The molecule has 0 saturated carbocycles. The molecule has 1 atom stereocenters.